The van der Waals surface area contributed by atoms with E-state index in [0.717, 1.165) is 17.4 Å². The SMILES string of the molecule is CC(C)(C)OC(=O)n1cc(-c2ccc(F)cc2)cc1C(=O)NC1C2CC3CC(C2)CC1C3. The van der Waals surface area contributed by atoms with Crippen LogP contribution in [0, 0.1) is 29.5 Å². The van der Waals surface area contributed by atoms with Gasteiger partial charge in [0.15, 0.2) is 0 Å². The predicted molar refractivity (Wildman–Crippen MR) is 120 cm³/mol. The molecule has 1 amide bonds. The van der Waals surface area contributed by atoms with Gasteiger partial charge in [-0.1, -0.05) is 12.1 Å². The van der Waals surface area contributed by atoms with Crippen LogP contribution < -0.4 is 5.32 Å². The molecule has 5 nitrogen and oxygen atoms in total. The molecule has 1 heterocycles. The topological polar surface area (TPSA) is 60.3 Å². The van der Waals surface area contributed by atoms with Gasteiger partial charge in [0.2, 0.25) is 0 Å². The number of nitrogens with one attached hydrogen (secondary N) is 1. The first-order chi connectivity index (χ1) is 15.2. The molecule has 1 aromatic carbocycles. The minimum Gasteiger partial charge on any atom is -0.443 e. The Balaban J connectivity index is 1.44. The third-order valence-corrected chi connectivity index (χ3v) is 7.34. The van der Waals surface area contributed by atoms with Crippen LogP contribution >= 0.6 is 0 Å². The maximum Gasteiger partial charge on any atom is 0.419 e. The molecule has 0 atom stereocenters. The summed E-state index contributed by atoms with van der Waals surface area (Å²) < 4.78 is 20.2. The van der Waals surface area contributed by atoms with E-state index in [9.17, 15) is 14.0 Å². The van der Waals surface area contributed by atoms with E-state index >= 15 is 0 Å². The van der Waals surface area contributed by atoms with Crippen molar-refractivity contribution in [1.29, 1.82) is 0 Å². The van der Waals surface area contributed by atoms with Crippen LogP contribution in [0.2, 0.25) is 0 Å². The van der Waals surface area contributed by atoms with Gasteiger partial charge < -0.3 is 10.1 Å². The van der Waals surface area contributed by atoms with Crippen molar-refractivity contribution in [2.45, 2.75) is 64.5 Å². The lowest BCUT2D eigenvalue weighted by molar-refractivity contribution is -0.0121. The first-order valence-corrected chi connectivity index (χ1v) is 11.7. The van der Waals surface area contributed by atoms with E-state index < -0.39 is 11.7 Å². The van der Waals surface area contributed by atoms with Gasteiger partial charge in [-0.05, 0) is 100 Å². The molecule has 6 rings (SSSR count). The molecule has 32 heavy (non-hydrogen) atoms. The van der Waals surface area contributed by atoms with Crippen LogP contribution in [0.1, 0.15) is 63.4 Å². The molecule has 0 aliphatic heterocycles. The summed E-state index contributed by atoms with van der Waals surface area (Å²) in [6.45, 7) is 5.39. The van der Waals surface area contributed by atoms with E-state index in [1.54, 1.807) is 45.2 Å². The Morgan fingerprint density at radius 1 is 0.969 bits per heavy atom. The fourth-order valence-electron chi connectivity index (χ4n) is 6.29. The monoisotopic (exact) mass is 438 g/mol. The Morgan fingerprint density at radius 2 is 1.56 bits per heavy atom. The Labute approximate surface area is 188 Å². The van der Waals surface area contributed by atoms with Crippen LogP contribution in [-0.2, 0) is 4.74 Å². The predicted octanol–water partition coefficient (Wildman–Crippen LogP) is 5.63. The number of benzene rings is 1. The summed E-state index contributed by atoms with van der Waals surface area (Å²) in [5.74, 6) is 2.14. The highest BCUT2D eigenvalue weighted by Gasteiger charge is 2.48. The molecule has 4 fully saturated rings. The number of halogens is 1. The fraction of sp³-hybridized carbons (Fsp3) is 0.538. The number of hydrogen-bond donors (Lipinski definition) is 1. The second-order valence-corrected chi connectivity index (χ2v) is 10.9. The van der Waals surface area contributed by atoms with Gasteiger partial charge in [-0.2, -0.15) is 0 Å². The van der Waals surface area contributed by atoms with Crippen LogP contribution in [0.3, 0.4) is 0 Å². The smallest absolute Gasteiger partial charge is 0.419 e. The molecule has 0 saturated heterocycles. The number of carbonyl (C=O) groups is 2. The van der Waals surface area contributed by atoms with Crippen molar-refractivity contribution in [3.63, 3.8) is 0 Å². The van der Waals surface area contributed by atoms with Crippen molar-refractivity contribution < 1.29 is 18.7 Å². The zero-order valence-corrected chi connectivity index (χ0v) is 18.9. The highest BCUT2D eigenvalue weighted by Crippen LogP contribution is 2.53. The molecule has 1 N–H and O–H groups in total. The average Bonchev–Trinajstić information content (AvgIpc) is 3.15. The van der Waals surface area contributed by atoms with Crippen molar-refractivity contribution in [2.75, 3.05) is 0 Å². The lowest BCUT2D eigenvalue weighted by Crippen LogP contribution is -2.56. The Morgan fingerprint density at radius 3 is 2.12 bits per heavy atom. The largest absolute Gasteiger partial charge is 0.443 e. The van der Waals surface area contributed by atoms with Gasteiger partial charge in [0.05, 0.1) is 0 Å². The molecule has 1 aromatic heterocycles. The van der Waals surface area contributed by atoms with Crippen LogP contribution in [0.4, 0.5) is 9.18 Å². The number of amides is 1. The highest BCUT2D eigenvalue weighted by molar-refractivity contribution is 5.98. The summed E-state index contributed by atoms with van der Waals surface area (Å²) in [6.07, 6.45) is 7.17. The average molecular weight is 439 g/mol. The van der Waals surface area contributed by atoms with Gasteiger partial charge in [-0.25, -0.2) is 13.8 Å². The van der Waals surface area contributed by atoms with Crippen LogP contribution in [0.25, 0.3) is 11.1 Å². The second kappa shape index (κ2) is 7.75. The second-order valence-electron chi connectivity index (χ2n) is 10.9. The Kier molecular flexibility index (Phi) is 5.14. The van der Waals surface area contributed by atoms with Crippen molar-refractivity contribution in [1.82, 2.24) is 9.88 Å². The normalized spacial score (nSPS) is 28.6. The third kappa shape index (κ3) is 4.07. The number of ether oxygens (including phenoxy) is 1. The van der Waals surface area contributed by atoms with Gasteiger partial charge in [-0.15, -0.1) is 0 Å². The molecule has 4 saturated carbocycles. The van der Waals surface area contributed by atoms with Gasteiger partial charge in [-0.3, -0.25) is 4.79 Å². The number of hydrogen-bond acceptors (Lipinski definition) is 3. The van der Waals surface area contributed by atoms with Gasteiger partial charge in [0, 0.05) is 17.8 Å². The fourth-order valence-corrected chi connectivity index (χ4v) is 6.29. The molecular formula is C26H31FN2O3. The third-order valence-electron chi connectivity index (χ3n) is 7.34. The molecule has 170 valence electrons. The minimum absolute atomic E-state index is 0.173. The van der Waals surface area contributed by atoms with Crippen molar-refractivity contribution >= 4 is 12.0 Å². The van der Waals surface area contributed by atoms with Crippen molar-refractivity contribution in [3.05, 3.63) is 48.0 Å². The zero-order chi connectivity index (χ0) is 22.6. The maximum atomic E-state index is 13.4. The Bertz CT molecular complexity index is 1010. The highest BCUT2D eigenvalue weighted by atomic mass is 19.1. The summed E-state index contributed by atoms with van der Waals surface area (Å²) in [5, 5.41) is 3.28. The first kappa shape index (κ1) is 21.2. The first-order valence-electron chi connectivity index (χ1n) is 11.7. The summed E-state index contributed by atoms with van der Waals surface area (Å²) in [5.41, 5.74) is 0.975. The van der Waals surface area contributed by atoms with Gasteiger partial charge in [0.1, 0.15) is 17.1 Å². The van der Waals surface area contributed by atoms with E-state index in [1.807, 2.05) is 0 Å². The van der Waals surface area contributed by atoms with Gasteiger partial charge >= 0.3 is 6.09 Å². The molecule has 0 spiro atoms. The molecule has 0 radical (unpaired) electrons. The lowest BCUT2D eigenvalue weighted by Gasteiger charge is -2.54. The summed E-state index contributed by atoms with van der Waals surface area (Å²) in [4.78, 5) is 26.3. The van der Waals surface area contributed by atoms with Gasteiger partial charge in [0.25, 0.3) is 5.91 Å². The van der Waals surface area contributed by atoms with Crippen LogP contribution in [-0.4, -0.2) is 28.2 Å². The summed E-state index contributed by atoms with van der Waals surface area (Å²) >= 11 is 0. The van der Waals surface area contributed by atoms with Crippen molar-refractivity contribution in [3.8, 4) is 11.1 Å². The quantitative estimate of drug-likeness (QED) is 0.675. The van der Waals surface area contributed by atoms with E-state index in [1.165, 1.54) is 48.8 Å². The molecule has 4 aliphatic rings. The van der Waals surface area contributed by atoms with E-state index in [-0.39, 0.29) is 23.5 Å². The van der Waals surface area contributed by atoms with E-state index in [2.05, 4.69) is 5.32 Å². The Hall–Kier alpha value is -2.63. The number of carbonyl (C=O) groups excluding carboxylic acids is 2. The molecule has 2 aromatic rings. The summed E-state index contributed by atoms with van der Waals surface area (Å²) in [7, 11) is 0. The maximum absolute atomic E-state index is 13.4. The molecule has 4 bridgehead atoms. The van der Waals surface area contributed by atoms with Crippen molar-refractivity contribution in [2.24, 2.45) is 23.7 Å². The zero-order valence-electron chi connectivity index (χ0n) is 18.9. The summed E-state index contributed by atoms with van der Waals surface area (Å²) in [6, 6.07) is 7.89. The molecule has 6 heteroatoms. The molecule has 0 unspecified atom stereocenters. The van der Waals surface area contributed by atoms with Crippen LogP contribution in [0.5, 0.6) is 0 Å². The van der Waals surface area contributed by atoms with Crippen LogP contribution in [0.15, 0.2) is 36.5 Å². The minimum atomic E-state index is -0.688. The molecular weight excluding hydrogens is 407 g/mol. The number of aromatic nitrogens is 1. The van der Waals surface area contributed by atoms with E-state index in [0.29, 0.717) is 17.4 Å². The van der Waals surface area contributed by atoms with E-state index in [4.69, 9.17) is 4.74 Å². The molecule has 4 aliphatic carbocycles. The number of rotatable bonds is 3. The standard InChI is InChI=1S/C26H31FN2O3/c1-26(2,3)32-25(31)29-14-20(17-4-6-21(27)7-5-17)13-22(29)24(30)28-23-18-9-15-8-16(11-18)12-19(23)10-15/h4-7,13-16,18-19,23H,8-12H2,1-3H3,(H,28,30). The number of nitrogens with zero attached hydrogens (tertiary/aromatic N) is 1. The lowest BCUT2D eigenvalue weighted by atomic mass is 9.54.